The average Bonchev–Trinajstić information content (AvgIpc) is 2.71. The maximum atomic E-state index is 13.1. The van der Waals surface area contributed by atoms with Crippen LogP contribution < -0.4 is 10.2 Å². The molecule has 4 nitrogen and oxygen atoms in total. The molecule has 1 atom stereocenters. The zero-order valence-electron chi connectivity index (χ0n) is 15.9. The first-order chi connectivity index (χ1) is 13.2. The molecule has 1 aliphatic rings. The van der Waals surface area contributed by atoms with Crippen molar-refractivity contribution in [2.24, 2.45) is 0 Å². The zero-order valence-corrected chi connectivity index (χ0v) is 15.9. The highest BCUT2D eigenvalue weighted by Crippen LogP contribution is 2.19. The van der Waals surface area contributed by atoms with Gasteiger partial charge >= 0.3 is 0 Å². The Labute approximate surface area is 161 Å². The van der Waals surface area contributed by atoms with Crippen LogP contribution in [0.25, 0.3) is 0 Å². The number of nitrogens with one attached hydrogen (secondary N) is 1. The molecule has 144 valence electrons. The number of hydrogen-bond acceptors (Lipinski definition) is 3. The lowest BCUT2D eigenvalue weighted by molar-refractivity contribution is -0.122. The van der Waals surface area contributed by atoms with Crippen molar-refractivity contribution in [2.75, 3.05) is 44.2 Å². The lowest BCUT2D eigenvalue weighted by Crippen LogP contribution is -2.48. The molecule has 0 radical (unpaired) electrons. The summed E-state index contributed by atoms with van der Waals surface area (Å²) < 4.78 is 13.1. The molecule has 1 heterocycles. The van der Waals surface area contributed by atoms with Crippen LogP contribution in [0, 0.1) is 5.82 Å². The van der Waals surface area contributed by atoms with Crippen LogP contribution >= 0.6 is 0 Å². The Balaban J connectivity index is 1.41. The van der Waals surface area contributed by atoms with Gasteiger partial charge in [0.1, 0.15) is 5.82 Å². The Morgan fingerprint density at radius 1 is 1.04 bits per heavy atom. The van der Waals surface area contributed by atoms with Crippen molar-refractivity contribution in [2.45, 2.75) is 19.3 Å². The number of hydrogen-bond donors (Lipinski definition) is 1. The summed E-state index contributed by atoms with van der Waals surface area (Å²) in [5, 5.41) is 3.09. The molecule has 3 rings (SSSR count). The summed E-state index contributed by atoms with van der Waals surface area (Å²) in [5.74, 6) is -0.177. The lowest BCUT2D eigenvalue weighted by Gasteiger charge is -2.36. The summed E-state index contributed by atoms with van der Waals surface area (Å²) in [7, 11) is 0. The van der Waals surface area contributed by atoms with E-state index in [1.807, 2.05) is 49.4 Å². The standard InChI is InChI=1S/C22H28FN3O/c1-2-21(18-6-4-3-5-7-18)22(27)24-12-13-25-14-16-26(17-15-25)20-10-8-19(23)9-11-20/h3-11,21H,2,12-17H2,1H3,(H,24,27)/t21-/m1/s1. The van der Waals surface area contributed by atoms with E-state index in [0.29, 0.717) is 6.54 Å². The Kier molecular flexibility index (Phi) is 6.82. The molecular formula is C22H28FN3O. The monoisotopic (exact) mass is 369 g/mol. The third-order valence-corrected chi connectivity index (χ3v) is 5.22. The van der Waals surface area contributed by atoms with Gasteiger partial charge in [-0.25, -0.2) is 4.39 Å². The predicted octanol–water partition coefficient (Wildman–Crippen LogP) is 3.26. The molecule has 0 bridgehead atoms. The molecule has 1 N–H and O–H groups in total. The number of piperazine rings is 1. The number of rotatable bonds is 7. The number of amides is 1. The molecular weight excluding hydrogens is 341 g/mol. The Bertz CT molecular complexity index is 712. The fourth-order valence-corrected chi connectivity index (χ4v) is 3.60. The number of nitrogens with zero attached hydrogens (tertiary/aromatic N) is 2. The highest BCUT2D eigenvalue weighted by molar-refractivity contribution is 5.83. The van der Waals surface area contributed by atoms with Gasteiger partial charge < -0.3 is 10.2 Å². The summed E-state index contributed by atoms with van der Waals surface area (Å²) >= 11 is 0. The number of carbonyl (C=O) groups excluding carboxylic acids is 1. The van der Waals surface area contributed by atoms with Gasteiger partial charge in [-0.3, -0.25) is 9.69 Å². The minimum atomic E-state index is -0.200. The van der Waals surface area contributed by atoms with E-state index < -0.39 is 0 Å². The van der Waals surface area contributed by atoms with Crippen molar-refractivity contribution in [3.05, 3.63) is 66.0 Å². The van der Waals surface area contributed by atoms with E-state index >= 15 is 0 Å². The van der Waals surface area contributed by atoms with E-state index in [1.54, 1.807) is 0 Å². The van der Waals surface area contributed by atoms with Crippen LogP contribution in [0.15, 0.2) is 54.6 Å². The smallest absolute Gasteiger partial charge is 0.227 e. The van der Waals surface area contributed by atoms with Gasteiger partial charge in [0.2, 0.25) is 5.91 Å². The molecule has 2 aromatic rings. The van der Waals surface area contributed by atoms with Crippen molar-refractivity contribution in [1.82, 2.24) is 10.2 Å². The van der Waals surface area contributed by atoms with E-state index in [2.05, 4.69) is 15.1 Å². The largest absolute Gasteiger partial charge is 0.369 e. The van der Waals surface area contributed by atoms with Crippen molar-refractivity contribution in [1.29, 1.82) is 0 Å². The molecule has 2 aromatic carbocycles. The van der Waals surface area contributed by atoms with Crippen LogP contribution in [0.3, 0.4) is 0 Å². The first-order valence-corrected chi connectivity index (χ1v) is 9.73. The van der Waals surface area contributed by atoms with Crippen LogP contribution in [0.1, 0.15) is 24.8 Å². The van der Waals surface area contributed by atoms with E-state index in [9.17, 15) is 9.18 Å². The van der Waals surface area contributed by atoms with Crippen LogP contribution in [0.4, 0.5) is 10.1 Å². The molecule has 1 fully saturated rings. The highest BCUT2D eigenvalue weighted by atomic mass is 19.1. The summed E-state index contributed by atoms with van der Waals surface area (Å²) in [6.45, 7) is 7.30. The molecule has 0 aliphatic carbocycles. The molecule has 0 saturated carbocycles. The van der Waals surface area contributed by atoms with Gasteiger partial charge in [-0.15, -0.1) is 0 Å². The summed E-state index contributed by atoms with van der Waals surface area (Å²) in [6.07, 6.45) is 0.798. The first kappa shape index (κ1) is 19.4. The molecule has 0 spiro atoms. The lowest BCUT2D eigenvalue weighted by atomic mass is 9.96. The van der Waals surface area contributed by atoms with Gasteiger partial charge in [-0.2, -0.15) is 0 Å². The fraction of sp³-hybridized carbons (Fsp3) is 0.409. The second kappa shape index (κ2) is 9.51. The second-order valence-corrected chi connectivity index (χ2v) is 6.97. The van der Waals surface area contributed by atoms with Crippen LogP contribution in [-0.2, 0) is 4.79 Å². The third kappa shape index (κ3) is 5.30. The third-order valence-electron chi connectivity index (χ3n) is 5.22. The normalized spacial score (nSPS) is 16.1. The second-order valence-electron chi connectivity index (χ2n) is 6.97. The molecule has 5 heteroatoms. The topological polar surface area (TPSA) is 35.6 Å². The number of anilines is 1. The molecule has 27 heavy (non-hydrogen) atoms. The quantitative estimate of drug-likeness (QED) is 0.814. The highest BCUT2D eigenvalue weighted by Gasteiger charge is 2.20. The van der Waals surface area contributed by atoms with Gasteiger partial charge in [0.05, 0.1) is 5.92 Å². The van der Waals surface area contributed by atoms with Crippen LogP contribution in [0.2, 0.25) is 0 Å². The number of carbonyl (C=O) groups is 1. The van der Waals surface area contributed by atoms with E-state index in [1.165, 1.54) is 12.1 Å². The number of halogens is 1. The maximum Gasteiger partial charge on any atom is 0.227 e. The minimum absolute atomic E-state index is 0.0819. The first-order valence-electron chi connectivity index (χ1n) is 9.73. The molecule has 1 aliphatic heterocycles. The maximum absolute atomic E-state index is 13.1. The minimum Gasteiger partial charge on any atom is -0.369 e. The van der Waals surface area contributed by atoms with Crippen molar-refractivity contribution in [3.63, 3.8) is 0 Å². The van der Waals surface area contributed by atoms with Gasteiger partial charge in [0, 0.05) is 45.0 Å². The van der Waals surface area contributed by atoms with Gasteiger partial charge in [-0.1, -0.05) is 37.3 Å². The van der Waals surface area contributed by atoms with E-state index in [-0.39, 0.29) is 17.6 Å². The Hall–Kier alpha value is -2.40. The van der Waals surface area contributed by atoms with Crippen molar-refractivity contribution in [3.8, 4) is 0 Å². The summed E-state index contributed by atoms with van der Waals surface area (Å²) in [4.78, 5) is 17.2. The number of benzene rings is 2. The Morgan fingerprint density at radius 3 is 2.33 bits per heavy atom. The zero-order chi connectivity index (χ0) is 19.1. The molecule has 1 saturated heterocycles. The molecule has 0 unspecified atom stereocenters. The summed E-state index contributed by atoms with van der Waals surface area (Å²) in [6, 6.07) is 16.6. The Morgan fingerprint density at radius 2 is 1.70 bits per heavy atom. The predicted molar refractivity (Wildman–Crippen MR) is 108 cm³/mol. The molecule has 0 aromatic heterocycles. The summed E-state index contributed by atoms with van der Waals surface area (Å²) in [5.41, 5.74) is 2.14. The average molecular weight is 369 g/mol. The van der Waals surface area contributed by atoms with Gasteiger partial charge in [0.25, 0.3) is 0 Å². The van der Waals surface area contributed by atoms with Crippen LogP contribution in [0.5, 0.6) is 0 Å². The van der Waals surface area contributed by atoms with Crippen molar-refractivity contribution >= 4 is 11.6 Å². The fourth-order valence-electron chi connectivity index (χ4n) is 3.60. The van der Waals surface area contributed by atoms with E-state index in [0.717, 1.165) is 50.4 Å². The van der Waals surface area contributed by atoms with Gasteiger partial charge in [0.15, 0.2) is 0 Å². The van der Waals surface area contributed by atoms with Gasteiger partial charge in [-0.05, 0) is 36.2 Å². The van der Waals surface area contributed by atoms with Crippen molar-refractivity contribution < 1.29 is 9.18 Å². The molecule has 1 amide bonds. The van der Waals surface area contributed by atoms with Crippen LogP contribution in [-0.4, -0.2) is 50.1 Å². The SMILES string of the molecule is CC[C@@H](C(=O)NCCN1CCN(c2ccc(F)cc2)CC1)c1ccccc1. The van der Waals surface area contributed by atoms with E-state index in [4.69, 9.17) is 0 Å².